The first-order valence-electron chi connectivity index (χ1n) is 5.44. The third kappa shape index (κ3) is 3.12. The molecule has 0 aliphatic carbocycles. The molecule has 2 nitrogen and oxygen atoms in total. The van der Waals surface area contributed by atoms with Crippen molar-refractivity contribution in [1.29, 1.82) is 0 Å². The van der Waals surface area contributed by atoms with E-state index in [4.69, 9.17) is 5.84 Å². The highest BCUT2D eigenvalue weighted by Crippen LogP contribution is 2.23. The lowest BCUT2D eigenvalue weighted by Crippen LogP contribution is -2.29. The van der Waals surface area contributed by atoms with Gasteiger partial charge in [-0.2, -0.15) is 0 Å². The average molecular weight is 250 g/mol. The molecule has 2 rings (SSSR count). The summed E-state index contributed by atoms with van der Waals surface area (Å²) in [5.41, 5.74) is 4.88. The molecule has 0 aliphatic heterocycles. The molecular formula is C13H15FN2S. The number of halogens is 1. The van der Waals surface area contributed by atoms with Gasteiger partial charge in [0.2, 0.25) is 0 Å². The fraction of sp³-hybridized carbons (Fsp3) is 0.231. The molecule has 1 unspecified atom stereocenters. The van der Waals surface area contributed by atoms with E-state index in [1.807, 2.05) is 6.07 Å². The number of nitrogens with one attached hydrogen (secondary N) is 1. The summed E-state index contributed by atoms with van der Waals surface area (Å²) in [5.74, 6) is 5.35. The Balaban J connectivity index is 2.15. The topological polar surface area (TPSA) is 38.0 Å². The van der Waals surface area contributed by atoms with Crippen LogP contribution in [-0.4, -0.2) is 0 Å². The quantitative estimate of drug-likeness (QED) is 0.647. The van der Waals surface area contributed by atoms with Gasteiger partial charge in [-0.3, -0.25) is 11.3 Å². The van der Waals surface area contributed by atoms with E-state index >= 15 is 0 Å². The van der Waals surface area contributed by atoms with Crippen molar-refractivity contribution in [3.05, 3.63) is 57.5 Å². The summed E-state index contributed by atoms with van der Waals surface area (Å²) in [4.78, 5) is 1.25. The second-order valence-corrected chi connectivity index (χ2v) is 5.16. The molecular weight excluding hydrogens is 235 g/mol. The van der Waals surface area contributed by atoms with Gasteiger partial charge < -0.3 is 0 Å². The van der Waals surface area contributed by atoms with Crippen molar-refractivity contribution in [1.82, 2.24) is 5.43 Å². The molecule has 0 spiro atoms. The minimum Gasteiger partial charge on any atom is -0.271 e. The maximum Gasteiger partial charge on any atom is 0.123 e. The number of rotatable bonds is 4. The van der Waals surface area contributed by atoms with E-state index in [-0.39, 0.29) is 11.9 Å². The molecule has 1 aromatic heterocycles. The smallest absolute Gasteiger partial charge is 0.123 e. The Morgan fingerprint density at radius 1 is 1.41 bits per heavy atom. The predicted octanol–water partition coefficient (Wildman–Crippen LogP) is 2.94. The van der Waals surface area contributed by atoms with Crippen LogP contribution in [0.1, 0.15) is 22.0 Å². The van der Waals surface area contributed by atoms with Crippen LogP contribution in [0.25, 0.3) is 0 Å². The number of aryl methyl sites for hydroxylation is 1. The summed E-state index contributed by atoms with van der Waals surface area (Å²) in [6, 6.07) is 8.76. The van der Waals surface area contributed by atoms with Gasteiger partial charge in [-0.25, -0.2) is 4.39 Å². The first-order valence-corrected chi connectivity index (χ1v) is 6.32. The Labute approximate surface area is 104 Å². The molecule has 0 saturated carbocycles. The molecule has 0 fully saturated rings. The van der Waals surface area contributed by atoms with Gasteiger partial charge in [0, 0.05) is 4.88 Å². The molecule has 17 heavy (non-hydrogen) atoms. The molecule has 0 saturated heterocycles. The van der Waals surface area contributed by atoms with Crippen LogP contribution >= 0.6 is 11.3 Å². The van der Waals surface area contributed by atoms with Gasteiger partial charge in [-0.05, 0) is 48.1 Å². The maximum atomic E-state index is 13.1. The van der Waals surface area contributed by atoms with Crippen LogP contribution in [0.3, 0.4) is 0 Å². The highest BCUT2D eigenvalue weighted by molar-refractivity contribution is 7.10. The zero-order valence-electron chi connectivity index (χ0n) is 9.61. The van der Waals surface area contributed by atoms with Crippen molar-refractivity contribution < 1.29 is 4.39 Å². The monoisotopic (exact) mass is 250 g/mol. The number of nitrogens with two attached hydrogens (primary N) is 1. The summed E-state index contributed by atoms with van der Waals surface area (Å²) >= 11 is 1.69. The van der Waals surface area contributed by atoms with E-state index in [2.05, 4.69) is 23.8 Å². The van der Waals surface area contributed by atoms with E-state index in [0.29, 0.717) is 6.42 Å². The molecule has 4 heteroatoms. The number of benzene rings is 1. The van der Waals surface area contributed by atoms with Gasteiger partial charge in [0.25, 0.3) is 0 Å². The van der Waals surface area contributed by atoms with E-state index in [0.717, 1.165) is 11.1 Å². The fourth-order valence-electron chi connectivity index (χ4n) is 1.82. The Morgan fingerprint density at radius 3 is 2.82 bits per heavy atom. The van der Waals surface area contributed by atoms with Gasteiger partial charge in [0.15, 0.2) is 0 Å². The molecule has 0 amide bonds. The number of hydrogen-bond acceptors (Lipinski definition) is 3. The summed E-state index contributed by atoms with van der Waals surface area (Å²) in [6.45, 7) is 2.06. The van der Waals surface area contributed by atoms with Gasteiger partial charge in [0.1, 0.15) is 5.82 Å². The van der Waals surface area contributed by atoms with Crippen LogP contribution in [-0.2, 0) is 6.42 Å². The lowest BCUT2D eigenvalue weighted by atomic mass is 10.0. The van der Waals surface area contributed by atoms with Gasteiger partial charge >= 0.3 is 0 Å². The molecule has 0 radical (unpaired) electrons. The van der Waals surface area contributed by atoms with Crippen molar-refractivity contribution in [3.8, 4) is 0 Å². The molecule has 90 valence electrons. The van der Waals surface area contributed by atoms with Gasteiger partial charge in [-0.1, -0.05) is 12.1 Å². The van der Waals surface area contributed by atoms with Crippen molar-refractivity contribution in [3.63, 3.8) is 0 Å². The standard InChI is InChI=1S/C13H15FN2S/c1-9-5-11(8-17-9)13(16-15)7-10-3-2-4-12(14)6-10/h2-6,8,13,16H,7,15H2,1H3. The first kappa shape index (κ1) is 12.2. The lowest BCUT2D eigenvalue weighted by Gasteiger charge is -2.14. The van der Waals surface area contributed by atoms with Crippen LogP contribution in [0.2, 0.25) is 0 Å². The third-order valence-corrected chi connectivity index (χ3v) is 3.56. The van der Waals surface area contributed by atoms with Crippen LogP contribution in [0.4, 0.5) is 4.39 Å². The highest BCUT2D eigenvalue weighted by atomic mass is 32.1. The summed E-state index contributed by atoms with van der Waals surface area (Å²) in [6.07, 6.45) is 0.685. The van der Waals surface area contributed by atoms with E-state index in [1.54, 1.807) is 23.5 Å². The van der Waals surface area contributed by atoms with Gasteiger partial charge in [0.05, 0.1) is 6.04 Å². The van der Waals surface area contributed by atoms with E-state index < -0.39 is 0 Å². The molecule has 0 aliphatic rings. The number of hydrazine groups is 1. The third-order valence-electron chi connectivity index (χ3n) is 2.68. The van der Waals surface area contributed by atoms with Crippen LogP contribution < -0.4 is 11.3 Å². The lowest BCUT2D eigenvalue weighted by molar-refractivity contribution is 0.550. The highest BCUT2D eigenvalue weighted by Gasteiger charge is 2.12. The maximum absolute atomic E-state index is 13.1. The van der Waals surface area contributed by atoms with E-state index in [9.17, 15) is 4.39 Å². The zero-order chi connectivity index (χ0) is 12.3. The second-order valence-electron chi connectivity index (χ2n) is 4.04. The average Bonchev–Trinajstić information content (AvgIpc) is 2.73. The van der Waals surface area contributed by atoms with Crippen LogP contribution in [0.15, 0.2) is 35.7 Å². The minimum atomic E-state index is -0.209. The minimum absolute atomic E-state index is 0.0294. The Morgan fingerprint density at radius 2 is 2.24 bits per heavy atom. The van der Waals surface area contributed by atoms with Crippen LogP contribution in [0.5, 0.6) is 0 Å². The van der Waals surface area contributed by atoms with Crippen molar-refractivity contribution in [2.75, 3.05) is 0 Å². The zero-order valence-corrected chi connectivity index (χ0v) is 10.4. The molecule has 1 heterocycles. The molecule has 0 bridgehead atoms. The SMILES string of the molecule is Cc1cc(C(Cc2cccc(F)c2)NN)cs1. The van der Waals surface area contributed by atoms with Gasteiger partial charge in [-0.15, -0.1) is 11.3 Å². The summed E-state index contributed by atoms with van der Waals surface area (Å²) in [7, 11) is 0. The van der Waals surface area contributed by atoms with Crippen LogP contribution in [0, 0.1) is 12.7 Å². The second kappa shape index (κ2) is 5.40. The largest absolute Gasteiger partial charge is 0.271 e. The molecule has 3 N–H and O–H groups in total. The Hall–Kier alpha value is -1.23. The predicted molar refractivity (Wildman–Crippen MR) is 69.2 cm³/mol. The fourth-order valence-corrected chi connectivity index (χ4v) is 2.58. The van der Waals surface area contributed by atoms with E-state index in [1.165, 1.54) is 10.9 Å². The molecule has 1 aromatic carbocycles. The Kier molecular flexibility index (Phi) is 3.89. The number of hydrogen-bond donors (Lipinski definition) is 2. The molecule has 2 aromatic rings. The normalized spacial score (nSPS) is 12.6. The van der Waals surface area contributed by atoms with Crippen molar-refractivity contribution in [2.45, 2.75) is 19.4 Å². The number of thiophene rings is 1. The van der Waals surface area contributed by atoms with Crippen molar-refractivity contribution in [2.24, 2.45) is 5.84 Å². The summed E-state index contributed by atoms with van der Waals surface area (Å²) in [5, 5.41) is 2.08. The molecule has 1 atom stereocenters. The Bertz CT molecular complexity index is 496. The summed E-state index contributed by atoms with van der Waals surface area (Å²) < 4.78 is 13.1. The first-order chi connectivity index (χ1) is 8.19. The van der Waals surface area contributed by atoms with Crippen molar-refractivity contribution >= 4 is 11.3 Å².